The second kappa shape index (κ2) is 4.41. The van der Waals surface area contributed by atoms with Gasteiger partial charge in [-0.3, -0.25) is 14.4 Å². The number of nitrogens with two attached hydrogens (primary N) is 1. The summed E-state index contributed by atoms with van der Waals surface area (Å²) in [6.07, 6.45) is -0.625. The van der Waals surface area contributed by atoms with Gasteiger partial charge in [0, 0.05) is 0 Å². The topological polar surface area (TPSA) is 138 Å². The summed E-state index contributed by atoms with van der Waals surface area (Å²) < 4.78 is 0. The van der Waals surface area contributed by atoms with Crippen LogP contribution in [-0.4, -0.2) is 39.3 Å². The van der Waals surface area contributed by atoms with Crippen molar-refractivity contribution >= 4 is 17.9 Å². The monoisotopic (exact) mass is 191 g/mol. The summed E-state index contributed by atoms with van der Waals surface area (Å²) in [5, 5.41) is 25.0. The first-order chi connectivity index (χ1) is 5.86. The van der Waals surface area contributed by atoms with Gasteiger partial charge in [-0.25, -0.2) is 0 Å². The van der Waals surface area contributed by atoms with Crippen LogP contribution in [0.3, 0.4) is 0 Å². The Balaban J connectivity index is 4.35. The third kappa shape index (κ3) is 3.52. The van der Waals surface area contributed by atoms with E-state index < -0.39 is 36.3 Å². The Kier molecular flexibility index (Phi) is 3.86. The van der Waals surface area contributed by atoms with Crippen molar-refractivity contribution in [2.24, 2.45) is 11.7 Å². The molecule has 0 aliphatic carbocycles. The summed E-state index contributed by atoms with van der Waals surface area (Å²) in [5.74, 6) is -6.38. The Morgan fingerprint density at radius 1 is 1.00 bits per heavy atom. The first-order valence-electron chi connectivity index (χ1n) is 3.30. The highest BCUT2D eigenvalue weighted by Gasteiger charge is 2.30. The lowest BCUT2D eigenvalue weighted by Gasteiger charge is -2.09. The van der Waals surface area contributed by atoms with Crippen LogP contribution in [0.4, 0.5) is 0 Å². The van der Waals surface area contributed by atoms with Crippen molar-refractivity contribution < 1.29 is 29.7 Å². The number of aliphatic carboxylic acids is 3. The Morgan fingerprint density at radius 3 is 1.62 bits per heavy atom. The molecule has 0 spiro atoms. The molecule has 0 bridgehead atoms. The molecular weight excluding hydrogens is 182 g/mol. The Morgan fingerprint density at radius 2 is 1.38 bits per heavy atom. The summed E-state index contributed by atoms with van der Waals surface area (Å²) in [7, 11) is 0. The zero-order chi connectivity index (χ0) is 10.6. The van der Waals surface area contributed by atoms with Crippen LogP contribution < -0.4 is 5.73 Å². The number of rotatable bonds is 5. The fourth-order valence-corrected chi connectivity index (χ4v) is 0.662. The van der Waals surface area contributed by atoms with Crippen molar-refractivity contribution in [3.63, 3.8) is 0 Å². The molecular formula is C6H9NO6. The largest absolute Gasteiger partial charge is 0.481 e. The second-order valence-electron chi connectivity index (χ2n) is 2.41. The van der Waals surface area contributed by atoms with Gasteiger partial charge in [0.15, 0.2) is 5.92 Å². The van der Waals surface area contributed by atoms with Gasteiger partial charge in [-0.05, 0) is 6.42 Å². The van der Waals surface area contributed by atoms with Gasteiger partial charge < -0.3 is 21.1 Å². The van der Waals surface area contributed by atoms with Crippen LogP contribution in [0.15, 0.2) is 0 Å². The molecule has 0 heterocycles. The van der Waals surface area contributed by atoms with E-state index in [-0.39, 0.29) is 0 Å². The van der Waals surface area contributed by atoms with Gasteiger partial charge in [0.2, 0.25) is 0 Å². The van der Waals surface area contributed by atoms with Crippen molar-refractivity contribution in [3.05, 3.63) is 0 Å². The van der Waals surface area contributed by atoms with Crippen molar-refractivity contribution in [2.45, 2.75) is 12.5 Å². The van der Waals surface area contributed by atoms with Crippen LogP contribution in [-0.2, 0) is 14.4 Å². The highest BCUT2D eigenvalue weighted by atomic mass is 16.4. The average Bonchev–Trinajstić information content (AvgIpc) is 1.97. The smallest absolute Gasteiger partial charge is 0.320 e. The molecule has 0 fully saturated rings. The molecule has 0 aliphatic heterocycles. The van der Waals surface area contributed by atoms with Crippen LogP contribution in [0.2, 0.25) is 0 Å². The minimum atomic E-state index is -1.77. The van der Waals surface area contributed by atoms with Crippen LogP contribution in [0.25, 0.3) is 0 Å². The number of hydrogen-bond acceptors (Lipinski definition) is 4. The van der Waals surface area contributed by atoms with Crippen molar-refractivity contribution in [1.29, 1.82) is 0 Å². The van der Waals surface area contributed by atoms with Gasteiger partial charge in [-0.1, -0.05) is 0 Å². The minimum absolute atomic E-state index is 0.625. The maximum atomic E-state index is 10.3. The molecule has 1 atom stereocenters. The fraction of sp³-hybridized carbons (Fsp3) is 0.500. The Bertz CT molecular complexity index is 223. The average molecular weight is 191 g/mol. The Hall–Kier alpha value is -1.63. The maximum Gasteiger partial charge on any atom is 0.320 e. The van der Waals surface area contributed by atoms with Crippen LogP contribution in [0, 0.1) is 5.92 Å². The zero-order valence-corrected chi connectivity index (χ0v) is 6.51. The molecule has 0 aromatic rings. The second-order valence-corrected chi connectivity index (χ2v) is 2.41. The molecule has 0 aromatic carbocycles. The summed E-state index contributed by atoms with van der Waals surface area (Å²) in [6.45, 7) is 0. The molecule has 0 aromatic heterocycles. The van der Waals surface area contributed by atoms with Crippen LogP contribution in [0.1, 0.15) is 6.42 Å². The van der Waals surface area contributed by atoms with Crippen molar-refractivity contribution in [2.75, 3.05) is 0 Å². The summed E-state index contributed by atoms with van der Waals surface area (Å²) in [5.41, 5.74) is 4.97. The standard InChI is InChI=1S/C6H9NO6/c7-3(6(12)13)1-2(4(8)9)5(10)11/h2-3H,1,7H2,(H,8,9)(H,10,11)(H,12,13). The van der Waals surface area contributed by atoms with Gasteiger partial charge >= 0.3 is 17.9 Å². The van der Waals surface area contributed by atoms with E-state index in [2.05, 4.69) is 0 Å². The molecule has 0 rings (SSSR count). The molecule has 0 saturated carbocycles. The van der Waals surface area contributed by atoms with Crippen molar-refractivity contribution in [3.8, 4) is 0 Å². The summed E-state index contributed by atoms with van der Waals surface area (Å²) >= 11 is 0. The van der Waals surface area contributed by atoms with E-state index in [1.54, 1.807) is 0 Å². The molecule has 0 amide bonds. The number of carbonyl (C=O) groups is 3. The molecule has 74 valence electrons. The highest BCUT2D eigenvalue weighted by molar-refractivity contribution is 5.93. The maximum absolute atomic E-state index is 10.3. The highest BCUT2D eigenvalue weighted by Crippen LogP contribution is 2.06. The first-order valence-corrected chi connectivity index (χ1v) is 3.30. The summed E-state index contributed by atoms with van der Waals surface area (Å²) in [6, 6.07) is -1.47. The van der Waals surface area contributed by atoms with E-state index in [0.717, 1.165) is 0 Å². The fourth-order valence-electron chi connectivity index (χ4n) is 0.662. The molecule has 0 radical (unpaired) electrons. The predicted molar refractivity (Wildman–Crippen MR) is 39.0 cm³/mol. The predicted octanol–water partition coefficient (Wildman–Crippen LogP) is -1.43. The first kappa shape index (κ1) is 11.4. The van der Waals surface area contributed by atoms with Crippen molar-refractivity contribution in [1.82, 2.24) is 0 Å². The van der Waals surface area contributed by atoms with Gasteiger partial charge in [0.1, 0.15) is 6.04 Å². The van der Waals surface area contributed by atoms with E-state index >= 15 is 0 Å². The third-order valence-corrected chi connectivity index (χ3v) is 1.40. The normalized spacial score (nSPS) is 12.5. The number of carboxylic acid groups (broad SMARTS) is 3. The van der Waals surface area contributed by atoms with Gasteiger partial charge in [0.05, 0.1) is 0 Å². The van der Waals surface area contributed by atoms with Crippen LogP contribution >= 0.6 is 0 Å². The van der Waals surface area contributed by atoms with Crippen LogP contribution in [0.5, 0.6) is 0 Å². The molecule has 7 heteroatoms. The minimum Gasteiger partial charge on any atom is -0.481 e. The molecule has 1 unspecified atom stereocenters. The van der Waals surface area contributed by atoms with E-state index in [1.807, 2.05) is 0 Å². The molecule has 13 heavy (non-hydrogen) atoms. The lowest BCUT2D eigenvalue weighted by atomic mass is 10.0. The number of hydrogen-bond donors (Lipinski definition) is 4. The lowest BCUT2D eigenvalue weighted by Crippen LogP contribution is -2.37. The zero-order valence-electron chi connectivity index (χ0n) is 6.51. The Labute approximate surface area is 72.8 Å². The van der Waals surface area contributed by atoms with E-state index in [1.165, 1.54) is 0 Å². The van der Waals surface area contributed by atoms with Gasteiger partial charge in [0.25, 0.3) is 0 Å². The molecule has 0 saturated heterocycles. The van der Waals surface area contributed by atoms with E-state index in [9.17, 15) is 14.4 Å². The number of carboxylic acids is 3. The van der Waals surface area contributed by atoms with E-state index in [4.69, 9.17) is 21.1 Å². The molecule has 7 nitrogen and oxygen atoms in total. The third-order valence-electron chi connectivity index (χ3n) is 1.40. The lowest BCUT2D eigenvalue weighted by molar-refractivity contribution is -0.155. The quantitative estimate of drug-likeness (QED) is 0.391. The van der Waals surface area contributed by atoms with E-state index in [0.29, 0.717) is 0 Å². The molecule has 0 aliphatic rings. The summed E-state index contributed by atoms with van der Waals surface area (Å²) in [4.78, 5) is 30.7. The van der Waals surface area contributed by atoms with Gasteiger partial charge in [-0.15, -0.1) is 0 Å². The SMILES string of the molecule is NC(CC(C(=O)O)C(=O)O)C(=O)O. The molecule has 5 N–H and O–H groups in total. The van der Waals surface area contributed by atoms with Gasteiger partial charge in [-0.2, -0.15) is 0 Å².